The highest BCUT2D eigenvalue weighted by Crippen LogP contribution is 2.16. The summed E-state index contributed by atoms with van der Waals surface area (Å²) < 4.78 is 0. The summed E-state index contributed by atoms with van der Waals surface area (Å²) in [5.41, 5.74) is 6.26. The summed E-state index contributed by atoms with van der Waals surface area (Å²) in [6.07, 6.45) is 0. The Morgan fingerprint density at radius 1 is 0.800 bits per heavy atom. The number of benzene rings is 2. The SMILES string of the molecule is CC(=O)Nc1cccc(NC(=O)C(=O)Nc2ccccc2C(N)=O)c1. The molecule has 128 valence electrons. The second kappa shape index (κ2) is 7.73. The summed E-state index contributed by atoms with van der Waals surface area (Å²) in [7, 11) is 0. The standard InChI is InChI=1S/C17H16N4O4/c1-10(22)19-11-5-4-6-12(9-11)20-16(24)17(25)21-14-8-3-2-7-13(14)15(18)23/h2-9H,1H3,(H2,18,23)(H,19,22)(H,20,24)(H,21,25). The zero-order valence-corrected chi connectivity index (χ0v) is 13.3. The van der Waals surface area contributed by atoms with Crippen molar-refractivity contribution in [2.45, 2.75) is 6.92 Å². The van der Waals surface area contributed by atoms with E-state index in [1.54, 1.807) is 30.3 Å². The van der Waals surface area contributed by atoms with Gasteiger partial charge < -0.3 is 21.7 Å². The lowest BCUT2D eigenvalue weighted by Crippen LogP contribution is -2.30. The zero-order chi connectivity index (χ0) is 18.4. The van der Waals surface area contributed by atoms with E-state index in [1.807, 2.05) is 0 Å². The van der Waals surface area contributed by atoms with Gasteiger partial charge in [-0.2, -0.15) is 0 Å². The molecule has 0 heterocycles. The summed E-state index contributed by atoms with van der Waals surface area (Å²) in [5, 5.41) is 7.31. The van der Waals surface area contributed by atoms with Gasteiger partial charge in [-0.25, -0.2) is 0 Å². The molecular formula is C17H16N4O4. The van der Waals surface area contributed by atoms with Crippen molar-refractivity contribution < 1.29 is 19.2 Å². The van der Waals surface area contributed by atoms with Crippen molar-refractivity contribution in [1.82, 2.24) is 0 Å². The van der Waals surface area contributed by atoms with Crippen LogP contribution in [0.15, 0.2) is 48.5 Å². The highest BCUT2D eigenvalue weighted by Gasteiger charge is 2.17. The average Bonchev–Trinajstić information content (AvgIpc) is 2.54. The minimum absolute atomic E-state index is 0.0938. The van der Waals surface area contributed by atoms with Crippen LogP contribution >= 0.6 is 0 Å². The lowest BCUT2D eigenvalue weighted by atomic mass is 10.1. The normalized spacial score (nSPS) is 9.80. The van der Waals surface area contributed by atoms with E-state index >= 15 is 0 Å². The fourth-order valence-corrected chi connectivity index (χ4v) is 2.05. The van der Waals surface area contributed by atoms with Crippen molar-refractivity contribution in [3.8, 4) is 0 Å². The number of nitrogens with one attached hydrogen (secondary N) is 3. The van der Waals surface area contributed by atoms with Crippen LogP contribution in [0.5, 0.6) is 0 Å². The molecule has 0 aliphatic carbocycles. The minimum Gasteiger partial charge on any atom is -0.366 e. The third-order valence-corrected chi connectivity index (χ3v) is 3.09. The van der Waals surface area contributed by atoms with Crippen LogP contribution in [0.4, 0.5) is 17.1 Å². The Bertz CT molecular complexity index is 848. The number of nitrogens with two attached hydrogens (primary N) is 1. The minimum atomic E-state index is -0.960. The maximum atomic E-state index is 12.0. The van der Waals surface area contributed by atoms with E-state index < -0.39 is 17.7 Å². The second-order valence-corrected chi connectivity index (χ2v) is 5.08. The molecule has 0 aromatic heterocycles. The predicted molar refractivity (Wildman–Crippen MR) is 93.0 cm³/mol. The molecule has 0 fully saturated rings. The quantitative estimate of drug-likeness (QED) is 0.625. The van der Waals surface area contributed by atoms with Crippen LogP contribution in [0.3, 0.4) is 0 Å². The van der Waals surface area contributed by atoms with Gasteiger partial charge in [0.05, 0.1) is 11.3 Å². The van der Waals surface area contributed by atoms with E-state index in [-0.39, 0.29) is 17.2 Å². The smallest absolute Gasteiger partial charge is 0.314 e. The number of carbonyl (C=O) groups is 4. The molecule has 8 nitrogen and oxygen atoms in total. The fourth-order valence-electron chi connectivity index (χ4n) is 2.05. The van der Waals surface area contributed by atoms with Crippen molar-refractivity contribution in [3.63, 3.8) is 0 Å². The Morgan fingerprint density at radius 2 is 1.40 bits per heavy atom. The van der Waals surface area contributed by atoms with Crippen LogP contribution in [-0.2, 0) is 14.4 Å². The summed E-state index contributed by atoms with van der Waals surface area (Å²) in [4.78, 5) is 46.4. The van der Waals surface area contributed by atoms with Gasteiger partial charge in [0.1, 0.15) is 0 Å². The van der Waals surface area contributed by atoms with E-state index in [2.05, 4.69) is 16.0 Å². The molecule has 2 rings (SSSR count). The van der Waals surface area contributed by atoms with Gasteiger partial charge in [0.25, 0.3) is 5.91 Å². The first-order chi connectivity index (χ1) is 11.9. The Hall–Kier alpha value is -3.68. The number of hydrogen-bond acceptors (Lipinski definition) is 4. The molecule has 2 aromatic carbocycles. The molecule has 0 saturated heterocycles. The second-order valence-electron chi connectivity index (χ2n) is 5.08. The number of primary amides is 1. The first-order valence-corrected chi connectivity index (χ1v) is 7.25. The van der Waals surface area contributed by atoms with E-state index in [0.717, 1.165) is 0 Å². The van der Waals surface area contributed by atoms with Gasteiger partial charge in [-0.15, -0.1) is 0 Å². The van der Waals surface area contributed by atoms with Gasteiger partial charge in [0.15, 0.2) is 0 Å². The van der Waals surface area contributed by atoms with Gasteiger partial charge in [0, 0.05) is 18.3 Å². The van der Waals surface area contributed by atoms with Crippen LogP contribution in [0.25, 0.3) is 0 Å². The molecule has 0 saturated carbocycles. The Kier molecular flexibility index (Phi) is 5.47. The molecule has 8 heteroatoms. The van der Waals surface area contributed by atoms with E-state index in [0.29, 0.717) is 11.4 Å². The Morgan fingerprint density at radius 3 is 2.04 bits per heavy atom. The lowest BCUT2D eigenvalue weighted by molar-refractivity contribution is -0.133. The molecule has 0 unspecified atom stereocenters. The predicted octanol–water partition coefficient (Wildman–Crippen LogP) is 1.32. The largest absolute Gasteiger partial charge is 0.366 e. The first-order valence-electron chi connectivity index (χ1n) is 7.25. The van der Waals surface area contributed by atoms with Gasteiger partial charge in [-0.05, 0) is 30.3 Å². The molecule has 25 heavy (non-hydrogen) atoms. The van der Waals surface area contributed by atoms with Crippen LogP contribution in [0.1, 0.15) is 17.3 Å². The molecule has 0 atom stereocenters. The molecule has 0 aliphatic heterocycles. The summed E-state index contributed by atoms with van der Waals surface area (Å²) >= 11 is 0. The van der Waals surface area contributed by atoms with Gasteiger partial charge >= 0.3 is 11.8 Å². The molecule has 0 bridgehead atoms. The van der Waals surface area contributed by atoms with Crippen LogP contribution < -0.4 is 21.7 Å². The number of amides is 4. The maximum Gasteiger partial charge on any atom is 0.314 e. The van der Waals surface area contributed by atoms with Gasteiger partial charge in [-0.1, -0.05) is 18.2 Å². The lowest BCUT2D eigenvalue weighted by Gasteiger charge is -2.10. The number of carbonyl (C=O) groups excluding carboxylic acids is 4. The maximum absolute atomic E-state index is 12.0. The summed E-state index contributed by atoms with van der Waals surface area (Å²) in [6.45, 7) is 1.36. The monoisotopic (exact) mass is 340 g/mol. The van der Waals surface area contributed by atoms with E-state index in [9.17, 15) is 19.2 Å². The zero-order valence-electron chi connectivity index (χ0n) is 13.3. The first kappa shape index (κ1) is 17.7. The topological polar surface area (TPSA) is 130 Å². The fraction of sp³-hybridized carbons (Fsp3) is 0.0588. The number of rotatable bonds is 4. The number of anilines is 3. The van der Waals surface area contributed by atoms with E-state index in [4.69, 9.17) is 5.73 Å². The Labute approximate surface area is 143 Å². The molecule has 5 N–H and O–H groups in total. The van der Waals surface area contributed by atoms with E-state index in [1.165, 1.54) is 25.1 Å². The highest BCUT2D eigenvalue weighted by atomic mass is 16.2. The molecule has 2 aromatic rings. The van der Waals surface area contributed by atoms with Gasteiger partial charge in [-0.3, -0.25) is 19.2 Å². The Balaban J connectivity index is 2.08. The van der Waals surface area contributed by atoms with Crippen molar-refractivity contribution >= 4 is 40.7 Å². The molecule has 0 aliphatic rings. The molecule has 4 amide bonds. The van der Waals surface area contributed by atoms with Crippen LogP contribution in [-0.4, -0.2) is 23.6 Å². The average molecular weight is 340 g/mol. The van der Waals surface area contributed by atoms with Gasteiger partial charge in [0.2, 0.25) is 5.91 Å². The van der Waals surface area contributed by atoms with Crippen LogP contribution in [0, 0.1) is 0 Å². The van der Waals surface area contributed by atoms with Crippen LogP contribution in [0.2, 0.25) is 0 Å². The molecule has 0 radical (unpaired) electrons. The summed E-state index contributed by atoms with van der Waals surface area (Å²) in [6, 6.07) is 12.4. The van der Waals surface area contributed by atoms with Crippen molar-refractivity contribution in [2.75, 3.05) is 16.0 Å². The highest BCUT2D eigenvalue weighted by molar-refractivity contribution is 6.44. The number of hydrogen-bond donors (Lipinski definition) is 4. The third kappa shape index (κ3) is 4.90. The summed E-state index contributed by atoms with van der Waals surface area (Å²) in [5.74, 6) is -2.87. The van der Waals surface area contributed by atoms with Crippen molar-refractivity contribution in [2.24, 2.45) is 5.73 Å². The van der Waals surface area contributed by atoms with Crippen molar-refractivity contribution in [1.29, 1.82) is 0 Å². The molecular weight excluding hydrogens is 324 g/mol. The number of para-hydroxylation sites is 1. The third-order valence-electron chi connectivity index (χ3n) is 3.09. The van der Waals surface area contributed by atoms with Crippen molar-refractivity contribution in [3.05, 3.63) is 54.1 Å². The molecule has 0 spiro atoms.